The van der Waals surface area contributed by atoms with E-state index in [0.717, 1.165) is 30.4 Å². The number of benzene rings is 2. The standard InChI is InChI=1S/C24H32O3/c1-3-5-6-7-8-12-18-23(21-16-10-9-11-17-21)27-24(25)26-22-19-14-13-15-20(22)4-2/h9-11,13-17,19,23H,3-8,12,18H2,1-2H3. The van der Waals surface area contributed by atoms with Crippen molar-refractivity contribution in [2.45, 2.75) is 71.3 Å². The van der Waals surface area contributed by atoms with E-state index in [0.29, 0.717) is 5.75 Å². The highest BCUT2D eigenvalue weighted by atomic mass is 16.7. The highest BCUT2D eigenvalue weighted by molar-refractivity contribution is 5.65. The second-order valence-electron chi connectivity index (χ2n) is 6.89. The van der Waals surface area contributed by atoms with Gasteiger partial charge in [0.1, 0.15) is 11.9 Å². The fourth-order valence-corrected chi connectivity index (χ4v) is 3.20. The molecule has 0 N–H and O–H groups in total. The van der Waals surface area contributed by atoms with Gasteiger partial charge in [0.25, 0.3) is 0 Å². The van der Waals surface area contributed by atoms with E-state index < -0.39 is 6.16 Å². The van der Waals surface area contributed by atoms with Gasteiger partial charge in [0.15, 0.2) is 0 Å². The van der Waals surface area contributed by atoms with Crippen molar-refractivity contribution >= 4 is 6.16 Å². The van der Waals surface area contributed by atoms with Crippen LogP contribution in [0.5, 0.6) is 5.75 Å². The summed E-state index contributed by atoms with van der Waals surface area (Å²) < 4.78 is 11.2. The van der Waals surface area contributed by atoms with Crippen molar-refractivity contribution in [1.29, 1.82) is 0 Å². The SMILES string of the molecule is CCCCCCCCC(OC(=O)Oc1ccccc1CC)c1ccccc1. The average Bonchev–Trinajstić information content (AvgIpc) is 2.70. The quantitative estimate of drug-likeness (QED) is 0.238. The maximum atomic E-state index is 12.4. The lowest BCUT2D eigenvalue weighted by molar-refractivity contribution is 0.0525. The molecule has 0 aliphatic rings. The molecule has 0 aromatic heterocycles. The molecule has 1 unspecified atom stereocenters. The largest absolute Gasteiger partial charge is 0.514 e. The molecule has 0 aliphatic heterocycles. The van der Waals surface area contributed by atoms with Crippen LogP contribution < -0.4 is 4.74 Å². The minimum absolute atomic E-state index is 0.265. The number of hydrogen-bond donors (Lipinski definition) is 0. The van der Waals surface area contributed by atoms with Gasteiger partial charge in [-0.3, -0.25) is 0 Å². The molecule has 3 nitrogen and oxygen atoms in total. The molecule has 0 bridgehead atoms. The summed E-state index contributed by atoms with van der Waals surface area (Å²) in [4.78, 5) is 12.4. The van der Waals surface area contributed by atoms with Gasteiger partial charge >= 0.3 is 6.16 Å². The Morgan fingerprint density at radius 2 is 1.52 bits per heavy atom. The zero-order valence-electron chi connectivity index (χ0n) is 16.7. The second-order valence-corrected chi connectivity index (χ2v) is 6.89. The molecule has 0 radical (unpaired) electrons. The first kappa shape index (κ1) is 21.0. The monoisotopic (exact) mass is 368 g/mol. The second kappa shape index (κ2) is 12.2. The minimum Gasteiger partial charge on any atom is -0.426 e. The van der Waals surface area contributed by atoms with Crippen molar-refractivity contribution in [1.82, 2.24) is 0 Å². The number of carbonyl (C=O) groups is 1. The summed E-state index contributed by atoms with van der Waals surface area (Å²) in [5.41, 5.74) is 2.02. The Hall–Kier alpha value is -2.29. The molecule has 0 fully saturated rings. The maximum Gasteiger partial charge on any atom is 0.514 e. The van der Waals surface area contributed by atoms with Crippen LogP contribution in [-0.4, -0.2) is 6.16 Å². The van der Waals surface area contributed by atoms with Crippen molar-refractivity contribution in [2.75, 3.05) is 0 Å². The Morgan fingerprint density at radius 1 is 0.852 bits per heavy atom. The number of ether oxygens (including phenoxy) is 2. The lowest BCUT2D eigenvalue weighted by Gasteiger charge is -2.18. The molecule has 2 aromatic carbocycles. The third-order valence-electron chi connectivity index (χ3n) is 4.78. The van der Waals surface area contributed by atoms with Crippen LogP contribution in [-0.2, 0) is 11.2 Å². The first-order chi connectivity index (χ1) is 13.2. The lowest BCUT2D eigenvalue weighted by atomic mass is 10.0. The molecule has 0 spiro atoms. The van der Waals surface area contributed by atoms with E-state index in [1.807, 2.05) is 61.5 Å². The predicted molar refractivity (Wildman–Crippen MR) is 110 cm³/mol. The summed E-state index contributed by atoms with van der Waals surface area (Å²) in [6, 6.07) is 17.5. The van der Waals surface area contributed by atoms with Crippen LogP contribution in [0, 0.1) is 0 Å². The third-order valence-corrected chi connectivity index (χ3v) is 4.78. The average molecular weight is 369 g/mol. The van der Waals surface area contributed by atoms with E-state index in [9.17, 15) is 4.79 Å². The number of unbranched alkanes of at least 4 members (excludes halogenated alkanes) is 5. The van der Waals surface area contributed by atoms with E-state index in [-0.39, 0.29) is 6.10 Å². The molecule has 27 heavy (non-hydrogen) atoms. The molecule has 0 saturated carbocycles. The molecule has 2 aromatic rings. The fraction of sp³-hybridized carbons (Fsp3) is 0.458. The summed E-state index contributed by atoms with van der Waals surface area (Å²) in [6.45, 7) is 4.26. The first-order valence-corrected chi connectivity index (χ1v) is 10.3. The maximum absolute atomic E-state index is 12.4. The topological polar surface area (TPSA) is 35.5 Å². The first-order valence-electron chi connectivity index (χ1n) is 10.3. The zero-order chi connectivity index (χ0) is 19.3. The number of carbonyl (C=O) groups excluding carboxylic acids is 1. The number of hydrogen-bond acceptors (Lipinski definition) is 3. The molecule has 0 aliphatic carbocycles. The predicted octanol–water partition coefficient (Wildman–Crippen LogP) is 7.26. The van der Waals surface area contributed by atoms with E-state index in [4.69, 9.17) is 9.47 Å². The molecule has 146 valence electrons. The normalized spacial score (nSPS) is 11.8. The van der Waals surface area contributed by atoms with Gasteiger partial charge in [0.2, 0.25) is 0 Å². The van der Waals surface area contributed by atoms with Crippen LogP contribution in [0.15, 0.2) is 54.6 Å². The van der Waals surface area contributed by atoms with Crippen LogP contribution in [0.1, 0.15) is 76.0 Å². The highest BCUT2D eigenvalue weighted by Gasteiger charge is 2.18. The van der Waals surface area contributed by atoms with Gasteiger partial charge in [-0.1, -0.05) is 94.5 Å². The molecule has 2 rings (SSSR count). The van der Waals surface area contributed by atoms with Gasteiger partial charge in [-0.2, -0.15) is 0 Å². The third kappa shape index (κ3) is 7.46. The highest BCUT2D eigenvalue weighted by Crippen LogP contribution is 2.26. The van der Waals surface area contributed by atoms with Gasteiger partial charge in [0.05, 0.1) is 0 Å². The number of rotatable bonds is 11. The summed E-state index contributed by atoms with van der Waals surface area (Å²) in [7, 11) is 0. The van der Waals surface area contributed by atoms with Crippen molar-refractivity contribution in [3.63, 3.8) is 0 Å². The summed E-state index contributed by atoms with van der Waals surface area (Å²) in [5, 5.41) is 0. The Kier molecular flexibility index (Phi) is 9.47. The van der Waals surface area contributed by atoms with Crippen molar-refractivity contribution in [3.05, 3.63) is 65.7 Å². The van der Waals surface area contributed by atoms with Crippen LogP contribution in [0.3, 0.4) is 0 Å². The summed E-state index contributed by atoms with van der Waals surface area (Å²) >= 11 is 0. The van der Waals surface area contributed by atoms with Crippen molar-refractivity contribution in [2.24, 2.45) is 0 Å². The molecular formula is C24H32O3. The van der Waals surface area contributed by atoms with Gasteiger partial charge in [0, 0.05) is 0 Å². The summed E-state index contributed by atoms with van der Waals surface area (Å²) in [6.07, 6.45) is 8.01. The van der Waals surface area contributed by atoms with Gasteiger partial charge in [-0.15, -0.1) is 0 Å². The van der Waals surface area contributed by atoms with Crippen LogP contribution >= 0.6 is 0 Å². The van der Waals surface area contributed by atoms with Crippen LogP contribution in [0.2, 0.25) is 0 Å². The van der Waals surface area contributed by atoms with Crippen molar-refractivity contribution in [3.8, 4) is 5.75 Å². The zero-order valence-corrected chi connectivity index (χ0v) is 16.7. The number of aryl methyl sites for hydroxylation is 1. The Morgan fingerprint density at radius 3 is 2.26 bits per heavy atom. The molecule has 3 heteroatoms. The van der Waals surface area contributed by atoms with E-state index in [1.54, 1.807) is 0 Å². The number of para-hydroxylation sites is 1. The Bertz CT molecular complexity index is 666. The van der Waals surface area contributed by atoms with E-state index in [1.165, 1.54) is 32.1 Å². The Balaban J connectivity index is 1.93. The molecule has 1 atom stereocenters. The molecule has 0 amide bonds. The Labute approximate surface area is 163 Å². The van der Waals surface area contributed by atoms with E-state index in [2.05, 4.69) is 6.92 Å². The van der Waals surface area contributed by atoms with Crippen LogP contribution in [0.25, 0.3) is 0 Å². The fourth-order valence-electron chi connectivity index (χ4n) is 3.20. The van der Waals surface area contributed by atoms with Gasteiger partial charge < -0.3 is 9.47 Å². The van der Waals surface area contributed by atoms with Crippen molar-refractivity contribution < 1.29 is 14.3 Å². The van der Waals surface area contributed by atoms with E-state index >= 15 is 0 Å². The minimum atomic E-state index is -0.629. The molecule has 0 saturated heterocycles. The van der Waals surface area contributed by atoms with Crippen LogP contribution in [0.4, 0.5) is 4.79 Å². The lowest BCUT2D eigenvalue weighted by Crippen LogP contribution is -2.16. The van der Waals surface area contributed by atoms with Gasteiger partial charge in [-0.25, -0.2) is 4.79 Å². The summed E-state index contributed by atoms with van der Waals surface area (Å²) in [5.74, 6) is 0.580. The smallest absolute Gasteiger partial charge is 0.426 e. The molecule has 0 heterocycles. The molecular weight excluding hydrogens is 336 g/mol. The van der Waals surface area contributed by atoms with Gasteiger partial charge in [-0.05, 0) is 36.5 Å².